The van der Waals surface area contributed by atoms with E-state index in [9.17, 15) is 0 Å². The van der Waals surface area contributed by atoms with Crippen LogP contribution in [0.2, 0.25) is 0 Å². The summed E-state index contributed by atoms with van der Waals surface area (Å²) in [6, 6.07) is 0. The van der Waals surface area contributed by atoms with Crippen molar-refractivity contribution < 1.29 is 20.3 Å². The fraction of sp³-hybridized carbons (Fsp3) is 0.800. The molecule has 1 nitrogen and oxygen atoms in total. The second kappa shape index (κ2) is 8.84. The molecule has 0 unspecified atom stereocenters. The molecule has 0 aliphatic heterocycles. The predicted octanol–water partition coefficient (Wildman–Crippen LogP) is -1.12. The van der Waals surface area contributed by atoms with Crippen LogP contribution in [0.3, 0.4) is 0 Å². The number of hydrogen-bond donors (Lipinski definition) is 1. The van der Waals surface area contributed by atoms with Gasteiger partial charge in [0.2, 0.25) is 0 Å². The fourth-order valence-electron chi connectivity index (χ4n) is 0.317. The first-order chi connectivity index (χ1) is 3.77. The Balaban J connectivity index is -0.000000245. The quantitative estimate of drug-likeness (QED) is 0.319. The average Bonchev–Trinajstić information content (AvgIpc) is 1.66. The number of rotatable bonds is 3. The maximum Gasteiger partial charge on any atom is 1.00 e. The molecule has 2 N–H and O–H groups in total. The van der Waals surface area contributed by atoms with Crippen LogP contribution in [-0.4, -0.2) is 10.1 Å². The molecule has 0 heterocycles. The topological polar surface area (TPSA) is 26.0 Å². The van der Waals surface area contributed by atoms with Crippen molar-refractivity contribution in [1.82, 2.24) is 0 Å². The molecular weight excluding hydrogens is 145 g/mol. The van der Waals surface area contributed by atoms with Gasteiger partial charge in [-0.05, 0) is 6.42 Å². The summed E-state index contributed by atoms with van der Waals surface area (Å²) in [6.07, 6.45) is 2.43. The maximum absolute atomic E-state index is 5.23. The molecule has 0 amide bonds. The van der Waals surface area contributed by atoms with Crippen molar-refractivity contribution in [3.8, 4) is 0 Å². The summed E-state index contributed by atoms with van der Waals surface area (Å²) in [5.41, 5.74) is 5.23. The zero-order chi connectivity index (χ0) is 6.41. The second-order valence-electron chi connectivity index (χ2n) is 1.52. The minimum absolute atomic E-state index is 0. The molecule has 0 spiro atoms. The third-order valence-corrected chi connectivity index (χ3v) is 1.87. The molecule has 0 saturated heterocycles. The summed E-state index contributed by atoms with van der Waals surface area (Å²) in [7, 11) is 0. The van der Waals surface area contributed by atoms with Crippen LogP contribution in [0.25, 0.3) is 0 Å². The van der Waals surface area contributed by atoms with Gasteiger partial charge in [0, 0.05) is 5.75 Å². The van der Waals surface area contributed by atoms with Gasteiger partial charge in [-0.15, -0.1) is 0 Å². The molecule has 4 heteroatoms. The summed E-state index contributed by atoms with van der Waals surface area (Å²) >= 11 is 6.21. The Morgan fingerprint density at radius 1 is 1.78 bits per heavy atom. The summed E-state index contributed by atoms with van der Waals surface area (Å²) in [5, 5.41) is 0. The molecule has 50 valence electrons. The fourth-order valence-corrected chi connectivity index (χ4v) is 1.20. The van der Waals surface area contributed by atoms with Crippen LogP contribution >= 0.6 is 24.0 Å². The smallest absolute Gasteiger partial charge is 1.00 e. The Labute approximate surface area is 79.8 Å². The average molecular weight is 157 g/mol. The third-order valence-electron chi connectivity index (χ3n) is 0.742. The molecule has 0 radical (unpaired) electrons. The van der Waals surface area contributed by atoms with Crippen LogP contribution in [0.4, 0.5) is 0 Å². The van der Waals surface area contributed by atoms with Crippen LogP contribution in [0.1, 0.15) is 21.2 Å². The Bertz CT molecular complexity index is 82.0. The van der Waals surface area contributed by atoms with Crippen molar-refractivity contribution in [3.63, 3.8) is 0 Å². The van der Waals surface area contributed by atoms with E-state index in [0.29, 0.717) is 4.32 Å². The first-order valence-corrected chi connectivity index (χ1v) is 4.09. The van der Waals surface area contributed by atoms with E-state index in [4.69, 9.17) is 5.73 Å². The van der Waals surface area contributed by atoms with Crippen molar-refractivity contribution in [2.45, 2.75) is 19.8 Å². The zero-order valence-corrected chi connectivity index (χ0v) is 7.65. The molecule has 0 bridgehead atoms. The van der Waals surface area contributed by atoms with Crippen LogP contribution < -0.4 is 24.6 Å². The molecule has 0 aromatic carbocycles. The van der Waals surface area contributed by atoms with E-state index in [1.807, 2.05) is 0 Å². The SMILES string of the molecule is CCCCSC(N)=S.[H-].[Li+]. The van der Waals surface area contributed by atoms with E-state index >= 15 is 0 Å². The van der Waals surface area contributed by atoms with Crippen LogP contribution in [-0.2, 0) is 0 Å². The van der Waals surface area contributed by atoms with Crippen LogP contribution in [0.15, 0.2) is 0 Å². The van der Waals surface area contributed by atoms with E-state index in [2.05, 4.69) is 19.1 Å². The maximum atomic E-state index is 5.23. The molecule has 0 fully saturated rings. The summed E-state index contributed by atoms with van der Waals surface area (Å²) in [5.74, 6) is 1.08. The molecule has 0 aromatic heterocycles. The normalized spacial score (nSPS) is 8.11. The van der Waals surface area contributed by atoms with Crippen LogP contribution in [0.5, 0.6) is 0 Å². The van der Waals surface area contributed by atoms with E-state index in [-0.39, 0.29) is 20.3 Å². The zero-order valence-electron chi connectivity index (χ0n) is 7.02. The number of nitrogens with two attached hydrogens (primary N) is 1. The van der Waals surface area contributed by atoms with E-state index < -0.39 is 0 Å². The van der Waals surface area contributed by atoms with Gasteiger partial charge in [0.05, 0.1) is 0 Å². The van der Waals surface area contributed by atoms with Gasteiger partial charge in [-0.3, -0.25) is 0 Å². The second-order valence-corrected chi connectivity index (χ2v) is 3.36. The molecule has 9 heavy (non-hydrogen) atoms. The monoisotopic (exact) mass is 157 g/mol. The largest absolute Gasteiger partial charge is 1.00 e. The van der Waals surface area contributed by atoms with Gasteiger partial charge in [-0.2, -0.15) is 0 Å². The standard InChI is InChI=1S/C5H11NS2.Li.H/c1-2-3-4-8-5(6)7;;/h2-4H2,1H3,(H2,6,7);;/q;+1;-1. The molecule has 0 rings (SSSR count). The number of thioether (sulfide) groups is 1. The Morgan fingerprint density at radius 3 is 2.67 bits per heavy atom. The molecular formula is C5H12LiNS2. The van der Waals surface area contributed by atoms with E-state index in [1.165, 1.54) is 12.8 Å². The summed E-state index contributed by atoms with van der Waals surface area (Å²) in [6.45, 7) is 2.15. The Morgan fingerprint density at radius 2 is 2.33 bits per heavy atom. The van der Waals surface area contributed by atoms with Gasteiger partial charge >= 0.3 is 18.9 Å². The van der Waals surface area contributed by atoms with E-state index in [0.717, 1.165) is 5.75 Å². The van der Waals surface area contributed by atoms with Crippen molar-refractivity contribution >= 4 is 28.3 Å². The van der Waals surface area contributed by atoms with Gasteiger partial charge in [0.15, 0.2) is 0 Å². The molecule has 0 aromatic rings. The van der Waals surface area contributed by atoms with Crippen molar-refractivity contribution in [3.05, 3.63) is 0 Å². The number of unbranched alkanes of at least 4 members (excludes halogenated alkanes) is 1. The minimum atomic E-state index is 0. The van der Waals surface area contributed by atoms with Gasteiger partial charge < -0.3 is 7.16 Å². The number of thiocarbonyl (C=S) groups is 1. The Hall–Kier alpha value is 0.837. The molecule has 0 atom stereocenters. The first-order valence-electron chi connectivity index (χ1n) is 2.69. The van der Waals surface area contributed by atoms with Gasteiger partial charge in [0.25, 0.3) is 0 Å². The van der Waals surface area contributed by atoms with Gasteiger partial charge in [-0.25, -0.2) is 0 Å². The van der Waals surface area contributed by atoms with Crippen molar-refractivity contribution in [1.29, 1.82) is 0 Å². The van der Waals surface area contributed by atoms with E-state index in [1.54, 1.807) is 11.8 Å². The van der Waals surface area contributed by atoms with Crippen LogP contribution in [0, 0.1) is 0 Å². The van der Waals surface area contributed by atoms with Crippen molar-refractivity contribution in [2.24, 2.45) is 5.73 Å². The number of hydrogen-bond acceptors (Lipinski definition) is 2. The van der Waals surface area contributed by atoms with Gasteiger partial charge in [0.1, 0.15) is 4.32 Å². The third kappa shape index (κ3) is 12.1. The van der Waals surface area contributed by atoms with Crippen molar-refractivity contribution in [2.75, 3.05) is 5.75 Å². The minimum Gasteiger partial charge on any atom is -1.00 e. The molecule has 0 saturated carbocycles. The van der Waals surface area contributed by atoms with Gasteiger partial charge in [-0.1, -0.05) is 37.3 Å². The Kier molecular flexibility index (Phi) is 12.3. The molecule has 0 aliphatic carbocycles. The summed E-state index contributed by atoms with van der Waals surface area (Å²) in [4.78, 5) is 0. The predicted molar refractivity (Wildman–Crippen MR) is 45.3 cm³/mol. The summed E-state index contributed by atoms with van der Waals surface area (Å²) < 4.78 is 0.568. The first kappa shape index (κ1) is 12.5. The molecule has 0 aliphatic rings.